The Bertz CT molecular complexity index is 1580. The van der Waals surface area contributed by atoms with Crippen LogP contribution in [0.5, 0.6) is 11.5 Å². The highest BCUT2D eigenvalue weighted by atomic mass is 16.5. The standard InChI is InChI=1S/C32H37N5O5/c1-32(2,3)28-21-29(37(34-28)22-8-7-9-23(20-22)40-4)33-31(38)30(35-39)26-12-13-27(25-11-6-5-10-24(25)26)42-19-16-36-14-17-41-18-15-36/h5-13,20-21,39H,14-19H2,1-4H3,(H,33,38)/b35-30-. The Morgan fingerprint density at radius 1 is 1.05 bits per heavy atom. The van der Waals surface area contributed by atoms with Crippen molar-refractivity contribution in [1.29, 1.82) is 0 Å². The van der Waals surface area contributed by atoms with Crippen molar-refractivity contribution in [2.45, 2.75) is 26.2 Å². The van der Waals surface area contributed by atoms with Crippen molar-refractivity contribution in [1.82, 2.24) is 14.7 Å². The van der Waals surface area contributed by atoms with Gasteiger partial charge in [0.05, 0.1) is 31.7 Å². The fraction of sp³-hybridized carbons (Fsp3) is 0.344. The normalized spacial score (nSPS) is 14.6. The van der Waals surface area contributed by atoms with Gasteiger partial charge in [-0.25, -0.2) is 4.68 Å². The number of fused-ring (bicyclic) bond motifs is 1. The third-order valence-corrected chi connectivity index (χ3v) is 7.24. The lowest BCUT2D eigenvalue weighted by Crippen LogP contribution is -2.38. The van der Waals surface area contributed by atoms with Gasteiger partial charge in [0.1, 0.15) is 23.9 Å². The number of benzene rings is 3. The van der Waals surface area contributed by atoms with E-state index in [0.29, 0.717) is 35.2 Å². The second-order valence-corrected chi connectivity index (χ2v) is 11.1. The fourth-order valence-electron chi connectivity index (χ4n) is 4.89. The summed E-state index contributed by atoms with van der Waals surface area (Å²) < 4.78 is 18.6. The smallest absolute Gasteiger partial charge is 0.279 e. The van der Waals surface area contributed by atoms with E-state index >= 15 is 0 Å². The largest absolute Gasteiger partial charge is 0.497 e. The summed E-state index contributed by atoms with van der Waals surface area (Å²) in [6, 6.07) is 20.4. The molecule has 1 amide bonds. The Kier molecular flexibility index (Phi) is 8.75. The van der Waals surface area contributed by atoms with Gasteiger partial charge in [-0.3, -0.25) is 9.69 Å². The molecule has 42 heavy (non-hydrogen) atoms. The first kappa shape index (κ1) is 29.1. The van der Waals surface area contributed by atoms with Gasteiger partial charge in [0, 0.05) is 48.1 Å². The average molecular weight is 572 g/mol. The van der Waals surface area contributed by atoms with Gasteiger partial charge in [-0.15, -0.1) is 0 Å². The minimum Gasteiger partial charge on any atom is -0.497 e. The van der Waals surface area contributed by atoms with Crippen LogP contribution >= 0.6 is 0 Å². The van der Waals surface area contributed by atoms with Crippen molar-refractivity contribution in [3.63, 3.8) is 0 Å². The Morgan fingerprint density at radius 2 is 1.81 bits per heavy atom. The Hall–Kier alpha value is -4.41. The second-order valence-electron chi connectivity index (χ2n) is 11.1. The van der Waals surface area contributed by atoms with Gasteiger partial charge in [-0.05, 0) is 29.7 Å². The monoisotopic (exact) mass is 571 g/mol. The minimum atomic E-state index is -0.576. The average Bonchev–Trinajstić information content (AvgIpc) is 3.43. The van der Waals surface area contributed by atoms with Crippen LogP contribution in [0.2, 0.25) is 0 Å². The zero-order valence-electron chi connectivity index (χ0n) is 24.5. The molecule has 1 aliphatic rings. The van der Waals surface area contributed by atoms with E-state index in [1.807, 2.05) is 81.4 Å². The predicted molar refractivity (Wildman–Crippen MR) is 162 cm³/mol. The number of amides is 1. The topological polar surface area (TPSA) is 110 Å². The summed E-state index contributed by atoms with van der Waals surface area (Å²) in [5.41, 5.74) is 1.58. The second kappa shape index (κ2) is 12.6. The number of hydrogen-bond donors (Lipinski definition) is 2. The molecule has 0 unspecified atom stereocenters. The lowest BCUT2D eigenvalue weighted by Gasteiger charge is -2.26. The van der Waals surface area contributed by atoms with Crippen molar-refractivity contribution in [3.8, 4) is 17.2 Å². The first-order valence-corrected chi connectivity index (χ1v) is 14.0. The molecule has 0 spiro atoms. The molecular formula is C32H37N5O5. The molecule has 1 fully saturated rings. The molecule has 0 bridgehead atoms. The van der Waals surface area contributed by atoms with Crippen molar-refractivity contribution in [3.05, 3.63) is 78.0 Å². The van der Waals surface area contributed by atoms with Gasteiger partial charge in [-0.1, -0.05) is 56.3 Å². The van der Waals surface area contributed by atoms with Crippen LogP contribution < -0.4 is 14.8 Å². The van der Waals surface area contributed by atoms with E-state index < -0.39 is 5.91 Å². The first-order valence-electron chi connectivity index (χ1n) is 14.0. The van der Waals surface area contributed by atoms with E-state index in [1.165, 1.54) is 0 Å². The zero-order chi connectivity index (χ0) is 29.7. The van der Waals surface area contributed by atoms with Gasteiger partial charge < -0.3 is 24.7 Å². The van der Waals surface area contributed by atoms with Gasteiger partial charge in [0.15, 0.2) is 5.71 Å². The molecule has 2 heterocycles. The lowest BCUT2D eigenvalue weighted by atomic mass is 9.92. The molecule has 4 aromatic rings. The number of aromatic nitrogens is 2. The number of rotatable bonds is 9. The number of ether oxygens (including phenoxy) is 3. The zero-order valence-corrected chi connectivity index (χ0v) is 24.5. The summed E-state index contributed by atoms with van der Waals surface area (Å²) in [6.45, 7) is 10.7. The third-order valence-electron chi connectivity index (χ3n) is 7.24. The van der Waals surface area contributed by atoms with E-state index in [2.05, 4.69) is 15.4 Å². The highest BCUT2D eigenvalue weighted by Crippen LogP contribution is 2.31. The molecule has 0 saturated carbocycles. The quantitative estimate of drug-likeness (QED) is 0.168. The summed E-state index contributed by atoms with van der Waals surface area (Å²) in [6.07, 6.45) is 0. The van der Waals surface area contributed by atoms with Crippen LogP contribution in [0.25, 0.3) is 16.5 Å². The van der Waals surface area contributed by atoms with Crippen molar-refractivity contribution >= 4 is 28.2 Å². The van der Waals surface area contributed by atoms with Gasteiger partial charge >= 0.3 is 0 Å². The number of carbonyl (C=O) groups is 1. The summed E-state index contributed by atoms with van der Waals surface area (Å²) in [7, 11) is 1.60. The molecule has 1 saturated heterocycles. The molecule has 5 rings (SSSR count). The number of nitrogens with one attached hydrogen (secondary N) is 1. The maximum Gasteiger partial charge on any atom is 0.279 e. The molecule has 1 aromatic heterocycles. The highest BCUT2D eigenvalue weighted by molar-refractivity contribution is 6.50. The van der Waals surface area contributed by atoms with Crippen LogP contribution in [0.3, 0.4) is 0 Å². The Balaban J connectivity index is 1.42. The van der Waals surface area contributed by atoms with Crippen LogP contribution in [0.1, 0.15) is 32.0 Å². The molecule has 0 radical (unpaired) electrons. The number of anilines is 1. The van der Waals surface area contributed by atoms with Crippen LogP contribution in [0.15, 0.2) is 71.9 Å². The molecule has 2 N–H and O–H groups in total. The minimum absolute atomic E-state index is 0.123. The summed E-state index contributed by atoms with van der Waals surface area (Å²) >= 11 is 0. The van der Waals surface area contributed by atoms with E-state index in [4.69, 9.17) is 19.3 Å². The van der Waals surface area contributed by atoms with Crippen molar-refractivity contribution in [2.24, 2.45) is 5.16 Å². The van der Waals surface area contributed by atoms with Crippen molar-refractivity contribution < 1.29 is 24.2 Å². The van der Waals surface area contributed by atoms with E-state index in [-0.39, 0.29) is 11.1 Å². The molecule has 0 atom stereocenters. The number of morpholine rings is 1. The number of carbonyl (C=O) groups excluding carboxylic acids is 1. The van der Waals surface area contributed by atoms with E-state index in [1.54, 1.807) is 17.9 Å². The molecule has 3 aromatic carbocycles. The Labute approximate surface area is 245 Å². The van der Waals surface area contributed by atoms with Crippen LogP contribution in [-0.2, 0) is 14.9 Å². The summed E-state index contributed by atoms with van der Waals surface area (Å²) in [4.78, 5) is 16.0. The number of hydrogen-bond acceptors (Lipinski definition) is 8. The van der Waals surface area contributed by atoms with Gasteiger partial charge in [0.2, 0.25) is 0 Å². The van der Waals surface area contributed by atoms with Crippen molar-refractivity contribution in [2.75, 3.05) is 51.9 Å². The van der Waals surface area contributed by atoms with Crippen LogP contribution in [-0.4, -0.2) is 78.1 Å². The maximum absolute atomic E-state index is 13.7. The molecule has 0 aliphatic carbocycles. The van der Waals surface area contributed by atoms with E-state index in [9.17, 15) is 10.0 Å². The molecule has 1 aliphatic heterocycles. The van der Waals surface area contributed by atoms with Gasteiger partial charge in [-0.2, -0.15) is 5.10 Å². The highest BCUT2D eigenvalue weighted by Gasteiger charge is 2.25. The number of methoxy groups -OCH3 is 1. The van der Waals surface area contributed by atoms with Crippen LogP contribution in [0, 0.1) is 0 Å². The first-order chi connectivity index (χ1) is 20.3. The fourth-order valence-corrected chi connectivity index (χ4v) is 4.89. The Morgan fingerprint density at radius 3 is 2.52 bits per heavy atom. The molecule has 220 valence electrons. The predicted octanol–water partition coefficient (Wildman–Crippen LogP) is 4.86. The molecule has 10 heteroatoms. The lowest BCUT2D eigenvalue weighted by molar-refractivity contribution is -0.110. The molecular weight excluding hydrogens is 534 g/mol. The number of nitrogens with zero attached hydrogens (tertiary/aromatic N) is 4. The molecule has 10 nitrogen and oxygen atoms in total. The number of oxime groups is 1. The van der Waals surface area contributed by atoms with E-state index in [0.717, 1.165) is 49.3 Å². The summed E-state index contributed by atoms with van der Waals surface area (Å²) in [5, 5.41) is 22.8. The summed E-state index contributed by atoms with van der Waals surface area (Å²) in [5.74, 6) is 1.22. The van der Waals surface area contributed by atoms with Gasteiger partial charge in [0.25, 0.3) is 5.91 Å². The third kappa shape index (κ3) is 6.40. The SMILES string of the molecule is COc1cccc(-n2nc(C(C)(C)C)cc2NC(=O)/C(=N\O)c2ccc(OCCN3CCOCC3)c3ccccc23)c1. The van der Waals surface area contributed by atoms with Crippen LogP contribution in [0.4, 0.5) is 5.82 Å². The maximum atomic E-state index is 13.7.